The van der Waals surface area contributed by atoms with Crippen molar-refractivity contribution in [1.29, 1.82) is 0 Å². The van der Waals surface area contributed by atoms with Crippen molar-refractivity contribution in [3.63, 3.8) is 0 Å². The molecule has 0 rings (SSSR count). The number of hydrogen-bond donors (Lipinski definition) is 1. The van der Waals surface area contributed by atoms with Crippen LogP contribution in [0, 0.1) is 0 Å². The molecule has 0 heterocycles. The van der Waals surface area contributed by atoms with Crippen molar-refractivity contribution >= 4 is 0 Å². The average molecular weight is 179 g/mol. The van der Waals surface area contributed by atoms with Gasteiger partial charge in [0.05, 0.1) is 6.04 Å². The summed E-state index contributed by atoms with van der Waals surface area (Å²) in [5, 5.41) is 2.92. The van der Waals surface area contributed by atoms with Crippen LogP contribution in [0.3, 0.4) is 0 Å². The molecule has 0 saturated heterocycles. The van der Waals surface area contributed by atoms with Gasteiger partial charge < -0.3 is 5.32 Å². The monoisotopic (exact) mass is 179 g/mol. The fourth-order valence-electron chi connectivity index (χ4n) is 1.20. The molecule has 12 heavy (non-hydrogen) atoms. The van der Waals surface area contributed by atoms with Gasteiger partial charge in [-0.1, -0.05) is 20.3 Å². The molecule has 0 radical (unpaired) electrons. The Bertz CT molecular complexity index is 107. The lowest BCUT2D eigenvalue weighted by atomic mass is 10.1. The van der Waals surface area contributed by atoms with Crippen molar-refractivity contribution in [1.82, 2.24) is 5.32 Å². The Morgan fingerprint density at radius 3 is 2.17 bits per heavy atom. The summed E-state index contributed by atoms with van der Waals surface area (Å²) in [6.45, 7) is 5.62. The number of halogens is 2. The summed E-state index contributed by atoms with van der Waals surface area (Å²) in [6.07, 6.45) is 0.691. The van der Waals surface area contributed by atoms with Crippen LogP contribution in [-0.4, -0.2) is 18.5 Å². The predicted molar refractivity (Wildman–Crippen MR) is 47.6 cm³/mol. The largest absolute Gasteiger partial charge is 0.306 e. The van der Waals surface area contributed by atoms with Gasteiger partial charge in [-0.2, -0.15) is 0 Å². The highest BCUT2D eigenvalue weighted by atomic mass is 19.3. The number of hydrogen-bond acceptors (Lipinski definition) is 1. The zero-order chi connectivity index (χ0) is 9.56. The molecule has 1 N–H and O–H groups in total. The molecule has 74 valence electrons. The van der Waals surface area contributed by atoms with E-state index in [1.54, 1.807) is 0 Å². The average Bonchev–Trinajstić information content (AvgIpc) is 2.03. The maximum absolute atomic E-state index is 12.1. The van der Waals surface area contributed by atoms with Gasteiger partial charge in [0.15, 0.2) is 0 Å². The summed E-state index contributed by atoms with van der Waals surface area (Å²) in [6, 6.07) is -0.430. The van der Waals surface area contributed by atoms with Gasteiger partial charge in [-0.15, -0.1) is 0 Å². The minimum Gasteiger partial charge on any atom is -0.306 e. The van der Waals surface area contributed by atoms with Crippen LogP contribution >= 0.6 is 0 Å². The van der Waals surface area contributed by atoms with E-state index in [2.05, 4.69) is 12.2 Å². The molecule has 0 aromatic carbocycles. The van der Waals surface area contributed by atoms with E-state index >= 15 is 0 Å². The molecule has 0 spiro atoms. The van der Waals surface area contributed by atoms with Crippen LogP contribution < -0.4 is 5.32 Å². The Balaban J connectivity index is 3.68. The summed E-state index contributed by atoms with van der Waals surface area (Å²) in [7, 11) is 0. The van der Waals surface area contributed by atoms with Crippen LogP contribution in [0.1, 0.15) is 40.0 Å². The summed E-state index contributed by atoms with van der Waals surface area (Å²) < 4.78 is 24.2. The summed E-state index contributed by atoms with van der Waals surface area (Å²) >= 11 is 0. The Morgan fingerprint density at radius 2 is 1.83 bits per heavy atom. The lowest BCUT2D eigenvalue weighted by Crippen LogP contribution is -2.40. The first kappa shape index (κ1) is 11.8. The fraction of sp³-hybridized carbons (Fsp3) is 1.00. The third-order valence-electron chi connectivity index (χ3n) is 2.01. The fourth-order valence-corrected chi connectivity index (χ4v) is 1.20. The topological polar surface area (TPSA) is 12.0 Å². The molecule has 0 aliphatic rings. The zero-order valence-electron chi connectivity index (χ0n) is 8.11. The molecule has 0 fully saturated rings. The standard InChI is InChI=1S/C9H19F2N/c1-4-6-8(5-2)12-7(3)9(10)11/h7-9,12H,4-6H2,1-3H3. The lowest BCUT2D eigenvalue weighted by Gasteiger charge is -2.21. The highest BCUT2D eigenvalue weighted by Gasteiger charge is 2.17. The Hall–Kier alpha value is -0.180. The van der Waals surface area contributed by atoms with Gasteiger partial charge >= 0.3 is 0 Å². The van der Waals surface area contributed by atoms with Crippen molar-refractivity contribution in [3.8, 4) is 0 Å². The zero-order valence-corrected chi connectivity index (χ0v) is 8.11. The van der Waals surface area contributed by atoms with E-state index in [-0.39, 0.29) is 6.04 Å². The molecular weight excluding hydrogens is 160 g/mol. The summed E-state index contributed by atoms with van der Waals surface area (Å²) in [5.41, 5.74) is 0. The van der Waals surface area contributed by atoms with Crippen molar-refractivity contribution in [3.05, 3.63) is 0 Å². The normalized spacial score (nSPS) is 16.5. The molecule has 2 unspecified atom stereocenters. The van der Waals surface area contributed by atoms with Gasteiger partial charge in [0.1, 0.15) is 0 Å². The molecule has 0 saturated carbocycles. The molecular formula is C9H19F2N. The van der Waals surface area contributed by atoms with Crippen molar-refractivity contribution < 1.29 is 8.78 Å². The quantitative estimate of drug-likeness (QED) is 0.661. The minimum atomic E-state index is -2.25. The summed E-state index contributed by atoms with van der Waals surface area (Å²) in [4.78, 5) is 0. The van der Waals surface area contributed by atoms with Crippen LogP contribution in [0.25, 0.3) is 0 Å². The van der Waals surface area contributed by atoms with E-state index in [9.17, 15) is 8.78 Å². The molecule has 0 aromatic heterocycles. The van der Waals surface area contributed by atoms with Gasteiger partial charge in [-0.05, 0) is 19.8 Å². The van der Waals surface area contributed by atoms with E-state index in [1.807, 2.05) is 6.92 Å². The maximum Gasteiger partial charge on any atom is 0.253 e. The molecule has 0 amide bonds. The lowest BCUT2D eigenvalue weighted by molar-refractivity contribution is 0.0986. The second kappa shape index (κ2) is 6.35. The van der Waals surface area contributed by atoms with E-state index in [1.165, 1.54) is 6.92 Å². The summed E-state index contributed by atoms with van der Waals surface area (Å²) in [5.74, 6) is 0. The minimum absolute atomic E-state index is 0.249. The highest BCUT2D eigenvalue weighted by molar-refractivity contribution is 4.71. The van der Waals surface area contributed by atoms with Crippen molar-refractivity contribution in [2.45, 2.75) is 58.5 Å². The Morgan fingerprint density at radius 1 is 1.25 bits per heavy atom. The van der Waals surface area contributed by atoms with Gasteiger partial charge in [0.2, 0.25) is 0 Å². The smallest absolute Gasteiger partial charge is 0.253 e. The third-order valence-corrected chi connectivity index (χ3v) is 2.01. The van der Waals surface area contributed by atoms with Crippen LogP contribution in [-0.2, 0) is 0 Å². The number of rotatable bonds is 6. The van der Waals surface area contributed by atoms with Crippen LogP contribution in [0.5, 0.6) is 0 Å². The van der Waals surface area contributed by atoms with Gasteiger partial charge in [-0.3, -0.25) is 0 Å². The SMILES string of the molecule is CCCC(CC)NC(C)C(F)F. The maximum atomic E-state index is 12.1. The number of nitrogens with one attached hydrogen (secondary N) is 1. The molecule has 1 nitrogen and oxygen atoms in total. The first-order chi connectivity index (χ1) is 5.61. The second-order valence-corrected chi connectivity index (χ2v) is 3.18. The molecule has 3 heteroatoms. The van der Waals surface area contributed by atoms with Crippen LogP contribution in [0.15, 0.2) is 0 Å². The molecule has 0 aliphatic carbocycles. The van der Waals surface area contributed by atoms with Crippen LogP contribution in [0.2, 0.25) is 0 Å². The van der Waals surface area contributed by atoms with Crippen LogP contribution in [0.4, 0.5) is 8.78 Å². The highest BCUT2D eigenvalue weighted by Crippen LogP contribution is 2.06. The molecule has 0 aliphatic heterocycles. The third kappa shape index (κ3) is 4.65. The Kier molecular flexibility index (Phi) is 6.25. The van der Waals surface area contributed by atoms with E-state index < -0.39 is 12.5 Å². The Labute approximate surface area is 73.5 Å². The van der Waals surface area contributed by atoms with Gasteiger partial charge in [0.25, 0.3) is 6.43 Å². The first-order valence-corrected chi connectivity index (χ1v) is 4.66. The van der Waals surface area contributed by atoms with E-state index in [0.29, 0.717) is 0 Å². The molecule has 2 atom stereocenters. The molecule has 0 aromatic rings. The number of alkyl halides is 2. The van der Waals surface area contributed by atoms with Gasteiger partial charge in [-0.25, -0.2) is 8.78 Å². The van der Waals surface area contributed by atoms with Crippen molar-refractivity contribution in [2.75, 3.05) is 0 Å². The second-order valence-electron chi connectivity index (χ2n) is 3.18. The van der Waals surface area contributed by atoms with E-state index in [4.69, 9.17) is 0 Å². The van der Waals surface area contributed by atoms with Crippen molar-refractivity contribution in [2.24, 2.45) is 0 Å². The van der Waals surface area contributed by atoms with Gasteiger partial charge in [0, 0.05) is 6.04 Å². The molecule has 0 bridgehead atoms. The van der Waals surface area contributed by atoms with E-state index in [0.717, 1.165) is 19.3 Å². The first-order valence-electron chi connectivity index (χ1n) is 4.66. The predicted octanol–water partition coefficient (Wildman–Crippen LogP) is 2.81.